The molecule has 0 heterocycles. The van der Waals surface area contributed by atoms with Gasteiger partial charge in [0.1, 0.15) is 17.5 Å². The molecule has 0 aliphatic heterocycles. The molecule has 0 fully saturated rings. The zero-order valence-corrected chi connectivity index (χ0v) is 16.9. The first kappa shape index (κ1) is 21.0. The summed E-state index contributed by atoms with van der Waals surface area (Å²) < 4.78 is 32.8. The van der Waals surface area contributed by atoms with E-state index in [1.165, 1.54) is 31.4 Å². The average molecular weight is 417 g/mol. The number of ether oxygens (including phenoxy) is 1. The minimum absolute atomic E-state index is 0.0161. The number of rotatable bonds is 9. The Morgan fingerprint density at radius 2 is 1.86 bits per heavy atom. The third-order valence-corrected chi connectivity index (χ3v) is 6.84. The fourth-order valence-corrected chi connectivity index (χ4v) is 4.74. The lowest BCUT2D eigenvalue weighted by atomic mass is 9.77. The van der Waals surface area contributed by atoms with E-state index in [-0.39, 0.29) is 11.3 Å². The third kappa shape index (κ3) is 4.18. The number of nitrogens with one attached hydrogen (secondary N) is 1. The maximum atomic E-state index is 12.7. The highest BCUT2D eigenvalue weighted by molar-refractivity contribution is 7.89. The number of hydrogen-bond acceptors (Lipinski definition) is 5. The number of aliphatic carboxylic acids is 1. The maximum absolute atomic E-state index is 12.7. The van der Waals surface area contributed by atoms with Gasteiger partial charge < -0.3 is 14.6 Å². The molecule has 29 heavy (non-hydrogen) atoms. The van der Waals surface area contributed by atoms with Crippen molar-refractivity contribution in [1.82, 2.24) is 4.72 Å². The zero-order chi connectivity index (χ0) is 21.1. The van der Waals surface area contributed by atoms with E-state index in [2.05, 4.69) is 4.72 Å². The van der Waals surface area contributed by atoms with Crippen molar-refractivity contribution in [2.24, 2.45) is 0 Å². The summed E-state index contributed by atoms with van der Waals surface area (Å²) in [6, 6.07) is 11.1. The summed E-state index contributed by atoms with van der Waals surface area (Å²) in [6.45, 7) is -0.436. The Bertz CT molecular complexity index is 1020. The van der Waals surface area contributed by atoms with E-state index in [9.17, 15) is 23.1 Å². The Hall–Kier alpha value is -2.71. The second-order valence-corrected chi connectivity index (χ2v) is 8.86. The molecule has 2 aromatic carbocycles. The molecule has 154 valence electrons. The van der Waals surface area contributed by atoms with E-state index in [1.54, 1.807) is 12.1 Å². The Morgan fingerprint density at radius 1 is 1.17 bits per heavy atom. The van der Waals surface area contributed by atoms with Gasteiger partial charge in [-0.05, 0) is 60.2 Å². The number of fused-ring (bicyclic) bond motifs is 1. The van der Waals surface area contributed by atoms with Crippen molar-refractivity contribution in [3.8, 4) is 5.75 Å². The van der Waals surface area contributed by atoms with E-state index in [4.69, 9.17) is 4.74 Å². The van der Waals surface area contributed by atoms with Gasteiger partial charge in [0.25, 0.3) is 0 Å². The number of sulfonamides is 1. The van der Waals surface area contributed by atoms with Crippen LogP contribution in [0.4, 0.5) is 0 Å². The number of benzene rings is 2. The first-order chi connectivity index (χ1) is 13.8. The molecular weight excluding hydrogens is 394 g/mol. The minimum Gasteiger partial charge on any atom is -0.497 e. The maximum Gasteiger partial charge on any atom is 0.315 e. The van der Waals surface area contributed by atoms with Crippen molar-refractivity contribution in [3.63, 3.8) is 0 Å². The van der Waals surface area contributed by atoms with Gasteiger partial charge in [-0.2, -0.15) is 0 Å². The Balaban J connectivity index is 1.93. The van der Waals surface area contributed by atoms with Crippen molar-refractivity contribution >= 4 is 22.3 Å². The Labute approximate surface area is 169 Å². The molecule has 1 aliphatic carbocycles. The number of hydrogen-bond donors (Lipinski definition) is 2. The molecule has 0 spiro atoms. The topological polar surface area (TPSA) is 110 Å². The molecule has 2 N–H and O–H groups in total. The molecule has 0 saturated carbocycles. The standard InChI is InChI=1S/C21H23NO6S/c1-28-18-7-9-19(10-8-18)29(26,27)22-14-21(11-12-23,20(24)25)17-6-5-15-3-2-4-16(15)13-17/h5-10,12-13,22H,2-4,11,14H2,1H3,(H,24,25). The number of carboxylic acids is 1. The monoisotopic (exact) mass is 417 g/mol. The van der Waals surface area contributed by atoms with Crippen LogP contribution in [0.1, 0.15) is 29.5 Å². The van der Waals surface area contributed by atoms with Gasteiger partial charge in [-0.3, -0.25) is 4.79 Å². The third-order valence-electron chi connectivity index (χ3n) is 5.43. The van der Waals surface area contributed by atoms with Crippen LogP contribution in [-0.4, -0.2) is 39.4 Å². The van der Waals surface area contributed by atoms with Crippen LogP contribution in [-0.2, 0) is 37.9 Å². The van der Waals surface area contributed by atoms with Gasteiger partial charge in [0.15, 0.2) is 0 Å². The van der Waals surface area contributed by atoms with Crippen LogP contribution in [0.15, 0.2) is 47.4 Å². The van der Waals surface area contributed by atoms with Crippen molar-refractivity contribution in [2.45, 2.75) is 36.0 Å². The summed E-state index contributed by atoms with van der Waals surface area (Å²) in [5.41, 5.74) is 0.962. The van der Waals surface area contributed by atoms with Crippen molar-refractivity contribution < 1.29 is 27.9 Å². The highest BCUT2D eigenvalue weighted by Crippen LogP contribution is 2.32. The summed E-state index contributed by atoms with van der Waals surface area (Å²) in [5, 5.41) is 9.98. The lowest BCUT2D eigenvalue weighted by molar-refractivity contribution is -0.144. The van der Waals surface area contributed by atoms with Crippen LogP contribution in [0.25, 0.3) is 0 Å². The predicted octanol–water partition coefficient (Wildman–Crippen LogP) is 2.07. The molecule has 8 heteroatoms. The molecule has 1 atom stereocenters. The van der Waals surface area contributed by atoms with Crippen LogP contribution in [0.2, 0.25) is 0 Å². The molecule has 0 saturated heterocycles. The Kier molecular flexibility index (Phi) is 6.04. The van der Waals surface area contributed by atoms with Gasteiger partial charge in [-0.25, -0.2) is 13.1 Å². The van der Waals surface area contributed by atoms with E-state index >= 15 is 0 Å². The summed E-state index contributed by atoms with van der Waals surface area (Å²) >= 11 is 0. The lowest BCUT2D eigenvalue weighted by Gasteiger charge is -2.29. The second kappa shape index (κ2) is 8.34. The lowest BCUT2D eigenvalue weighted by Crippen LogP contribution is -2.47. The number of carbonyl (C=O) groups excluding carboxylic acids is 1. The molecule has 0 aromatic heterocycles. The molecule has 0 radical (unpaired) electrons. The molecule has 0 amide bonds. The highest BCUT2D eigenvalue weighted by atomic mass is 32.2. The van der Waals surface area contributed by atoms with Crippen LogP contribution < -0.4 is 9.46 Å². The average Bonchev–Trinajstić information content (AvgIpc) is 3.19. The molecule has 2 aromatic rings. The molecule has 1 aliphatic rings. The highest BCUT2D eigenvalue weighted by Gasteiger charge is 2.41. The van der Waals surface area contributed by atoms with Gasteiger partial charge in [-0.15, -0.1) is 0 Å². The summed E-state index contributed by atoms with van der Waals surface area (Å²) in [6.07, 6.45) is 2.96. The summed E-state index contributed by atoms with van der Waals surface area (Å²) in [7, 11) is -2.50. The minimum atomic E-state index is -3.97. The quantitative estimate of drug-likeness (QED) is 0.605. The largest absolute Gasteiger partial charge is 0.497 e. The number of carbonyl (C=O) groups is 2. The van der Waals surface area contributed by atoms with Gasteiger partial charge in [0.2, 0.25) is 10.0 Å². The molecule has 7 nitrogen and oxygen atoms in total. The fourth-order valence-electron chi connectivity index (χ4n) is 3.65. The van der Waals surface area contributed by atoms with Crippen LogP contribution in [0.5, 0.6) is 5.75 Å². The van der Waals surface area contributed by atoms with Crippen molar-refractivity contribution in [2.75, 3.05) is 13.7 Å². The molecule has 3 rings (SSSR count). The SMILES string of the molecule is COc1ccc(S(=O)(=O)NCC(CC=O)(C(=O)O)c2ccc3c(c2)CCC3)cc1. The zero-order valence-electron chi connectivity index (χ0n) is 16.1. The van der Waals surface area contributed by atoms with Crippen molar-refractivity contribution in [3.05, 3.63) is 59.2 Å². The van der Waals surface area contributed by atoms with Crippen LogP contribution in [0.3, 0.4) is 0 Å². The number of methoxy groups -OCH3 is 1. The van der Waals surface area contributed by atoms with Crippen LogP contribution >= 0.6 is 0 Å². The van der Waals surface area contributed by atoms with Gasteiger partial charge in [-0.1, -0.05) is 18.2 Å². The number of carboxylic acid groups (broad SMARTS) is 1. The first-order valence-corrected chi connectivity index (χ1v) is 10.7. The van der Waals surface area contributed by atoms with E-state index < -0.39 is 28.0 Å². The number of aldehydes is 1. The molecular formula is C21H23NO6S. The Morgan fingerprint density at radius 3 is 2.48 bits per heavy atom. The smallest absolute Gasteiger partial charge is 0.315 e. The predicted molar refractivity (Wildman–Crippen MR) is 107 cm³/mol. The fraction of sp³-hybridized carbons (Fsp3) is 0.333. The van der Waals surface area contributed by atoms with Gasteiger partial charge in [0.05, 0.1) is 12.0 Å². The van der Waals surface area contributed by atoms with E-state index in [1.807, 2.05) is 6.07 Å². The summed E-state index contributed by atoms with van der Waals surface area (Å²) in [4.78, 5) is 23.6. The summed E-state index contributed by atoms with van der Waals surface area (Å²) in [5.74, 6) is -0.747. The van der Waals surface area contributed by atoms with Crippen LogP contribution in [0, 0.1) is 0 Å². The molecule has 0 bridgehead atoms. The van der Waals surface area contributed by atoms with E-state index in [0.29, 0.717) is 17.6 Å². The van der Waals surface area contributed by atoms with E-state index in [0.717, 1.165) is 30.4 Å². The van der Waals surface area contributed by atoms with Gasteiger partial charge in [0, 0.05) is 13.0 Å². The van der Waals surface area contributed by atoms with Crippen molar-refractivity contribution in [1.29, 1.82) is 0 Å². The normalized spacial score (nSPS) is 15.3. The first-order valence-electron chi connectivity index (χ1n) is 9.25. The van der Waals surface area contributed by atoms with Gasteiger partial charge >= 0.3 is 5.97 Å². The number of aryl methyl sites for hydroxylation is 2. The second-order valence-electron chi connectivity index (χ2n) is 7.10. The molecule has 1 unspecified atom stereocenters.